The van der Waals surface area contributed by atoms with E-state index in [1.807, 2.05) is 16.6 Å². The number of benzene rings is 1. The minimum Gasteiger partial charge on any atom is -0.486 e. The Morgan fingerprint density at radius 3 is 2.78 bits per heavy atom. The Kier molecular flexibility index (Phi) is 3.82. The maximum Gasteiger partial charge on any atom is 0.234 e. The highest BCUT2D eigenvalue weighted by atomic mass is 35.5. The van der Waals surface area contributed by atoms with Gasteiger partial charge >= 0.3 is 0 Å². The summed E-state index contributed by atoms with van der Waals surface area (Å²) in [6.45, 7) is 3.23. The molecule has 3 heterocycles. The minimum absolute atomic E-state index is 0.555. The van der Waals surface area contributed by atoms with E-state index >= 15 is 0 Å². The standard InChI is InChI=1S/C15H15ClN4O2S/c1-2-3-13-17-18-15-20(13)19-14(23-15)7-9-6-11-12(8-10(9)16)22-5-4-21-11/h6,8H,2-5,7H2,1H3. The molecule has 0 saturated carbocycles. The van der Waals surface area contributed by atoms with Crippen LogP contribution in [0.25, 0.3) is 4.96 Å². The molecule has 0 fully saturated rings. The van der Waals surface area contributed by atoms with E-state index in [9.17, 15) is 0 Å². The molecule has 3 aromatic rings. The van der Waals surface area contributed by atoms with Gasteiger partial charge in [0, 0.05) is 23.9 Å². The summed E-state index contributed by atoms with van der Waals surface area (Å²) in [5, 5.41) is 14.6. The van der Waals surface area contributed by atoms with Gasteiger partial charge in [0.1, 0.15) is 18.2 Å². The SMILES string of the molecule is CCCc1nnc2sc(Cc3cc4c(cc3Cl)OCCO4)nn12. The first-order chi connectivity index (χ1) is 11.2. The molecule has 0 amide bonds. The van der Waals surface area contributed by atoms with Crippen molar-refractivity contribution in [1.29, 1.82) is 0 Å². The van der Waals surface area contributed by atoms with Crippen LogP contribution >= 0.6 is 22.9 Å². The Labute approximate surface area is 142 Å². The molecule has 2 aromatic heterocycles. The van der Waals surface area contributed by atoms with Gasteiger partial charge in [0.05, 0.1) is 0 Å². The summed E-state index contributed by atoms with van der Waals surface area (Å²) >= 11 is 7.90. The highest BCUT2D eigenvalue weighted by Gasteiger charge is 2.17. The van der Waals surface area contributed by atoms with Crippen LogP contribution in [-0.4, -0.2) is 33.0 Å². The molecule has 8 heteroatoms. The zero-order valence-corrected chi connectivity index (χ0v) is 14.2. The Bertz CT molecular complexity index is 861. The van der Waals surface area contributed by atoms with Crippen LogP contribution in [-0.2, 0) is 12.8 Å². The smallest absolute Gasteiger partial charge is 0.234 e. The fourth-order valence-corrected chi connectivity index (χ4v) is 3.65. The largest absolute Gasteiger partial charge is 0.486 e. The molecule has 4 rings (SSSR count). The Hall–Kier alpha value is -1.86. The van der Waals surface area contributed by atoms with E-state index in [0.29, 0.717) is 30.4 Å². The van der Waals surface area contributed by atoms with E-state index in [1.165, 1.54) is 11.3 Å². The topological polar surface area (TPSA) is 61.5 Å². The summed E-state index contributed by atoms with van der Waals surface area (Å²) in [6, 6.07) is 3.75. The van der Waals surface area contributed by atoms with Crippen LogP contribution in [0, 0.1) is 0 Å². The average molecular weight is 351 g/mol. The van der Waals surface area contributed by atoms with Crippen LogP contribution in [0.3, 0.4) is 0 Å². The van der Waals surface area contributed by atoms with Crippen molar-refractivity contribution in [3.8, 4) is 11.5 Å². The first kappa shape index (κ1) is 14.7. The maximum absolute atomic E-state index is 6.37. The molecule has 120 valence electrons. The normalized spacial score (nSPS) is 13.7. The molecule has 6 nitrogen and oxygen atoms in total. The summed E-state index contributed by atoms with van der Waals surface area (Å²) in [6.07, 6.45) is 2.52. The Balaban J connectivity index is 1.65. The molecule has 0 radical (unpaired) electrons. The number of hydrogen-bond donors (Lipinski definition) is 0. The summed E-state index contributed by atoms with van der Waals surface area (Å²) in [5.41, 5.74) is 0.970. The summed E-state index contributed by atoms with van der Waals surface area (Å²) < 4.78 is 13.0. The van der Waals surface area contributed by atoms with Crippen LogP contribution in [0.4, 0.5) is 0 Å². The van der Waals surface area contributed by atoms with Crippen LogP contribution in [0.5, 0.6) is 11.5 Å². The number of nitrogens with zero attached hydrogens (tertiary/aromatic N) is 4. The molecule has 23 heavy (non-hydrogen) atoms. The number of hydrogen-bond acceptors (Lipinski definition) is 6. The van der Waals surface area contributed by atoms with E-state index in [0.717, 1.165) is 39.9 Å². The van der Waals surface area contributed by atoms with Crippen molar-refractivity contribution >= 4 is 27.9 Å². The Morgan fingerprint density at radius 1 is 1.22 bits per heavy atom. The van der Waals surface area contributed by atoms with Gasteiger partial charge in [-0.3, -0.25) is 0 Å². The first-order valence-electron chi connectivity index (χ1n) is 7.52. The molecule has 1 aliphatic heterocycles. The summed E-state index contributed by atoms with van der Waals surface area (Å²) in [4.78, 5) is 0.817. The van der Waals surface area contributed by atoms with Crippen molar-refractivity contribution in [2.45, 2.75) is 26.2 Å². The second-order valence-electron chi connectivity index (χ2n) is 5.32. The molecule has 1 aromatic carbocycles. The zero-order valence-electron chi connectivity index (χ0n) is 12.6. The summed E-state index contributed by atoms with van der Waals surface area (Å²) in [7, 11) is 0. The van der Waals surface area contributed by atoms with Crippen LogP contribution < -0.4 is 9.47 Å². The van der Waals surface area contributed by atoms with Gasteiger partial charge in [0.15, 0.2) is 17.3 Å². The van der Waals surface area contributed by atoms with E-state index in [2.05, 4.69) is 22.2 Å². The predicted octanol–water partition coefficient (Wildman–Crippen LogP) is 3.15. The molecule has 0 bridgehead atoms. The van der Waals surface area contributed by atoms with Crippen LogP contribution in [0.15, 0.2) is 12.1 Å². The van der Waals surface area contributed by atoms with Crippen molar-refractivity contribution < 1.29 is 9.47 Å². The summed E-state index contributed by atoms with van der Waals surface area (Å²) in [5.74, 6) is 2.34. The van der Waals surface area contributed by atoms with Gasteiger partial charge in [-0.2, -0.15) is 9.61 Å². The molecule has 0 spiro atoms. The lowest BCUT2D eigenvalue weighted by molar-refractivity contribution is 0.171. The predicted molar refractivity (Wildman–Crippen MR) is 87.9 cm³/mol. The fraction of sp³-hybridized carbons (Fsp3) is 0.400. The minimum atomic E-state index is 0.555. The van der Waals surface area contributed by atoms with E-state index in [4.69, 9.17) is 21.1 Å². The van der Waals surface area contributed by atoms with Gasteiger partial charge in [0.25, 0.3) is 0 Å². The first-order valence-corrected chi connectivity index (χ1v) is 8.72. The molecule has 0 saturated heterocycles. The molecule has 1 aliphatic rings. The van der Waals surface area contributed by atoms with Crippen LogP contribution in [0.1, 0.15) is 29.7 Å². The second-order valence-corrected chi connectivity index (χ2v) is 6.77. The van der Waals surface area contributed by atoms with Gasteiger partial charge < -0.3 is 9.47 Å². The number of aryl methyl sites for hydroxylation is 1. The van der Waals surface area contributed by atoms with Crippen molar-refractivity contribution in [3.05, 3.63) is 33.6 Å². The highest BCUT2D eigenvalue weighted by Crippen LogP contribution is 2.36. The van der Waals surface area contributed by atoms with Gasteiger partial charge in [-0.15, -0.1) is 10.2 Å². The molecular weight excluding hydrogens is 336 g/mol. The fourth-order valence-electron chi connectivity index (χ4n) is 2.55. The number of halogens is 1. The lowest BCUT2D eigenvalue weighted by Gasteiger charge is -2.19. The quantitative estimate of drug-likeness (QED) is 0.723. The maximum atomic E-state index is 6.37. The van der Waals surface area contributed by atoms with Crippen molar-refractivity contribution in [2.75, 3.05) is 13.2 Å². The van der Waals surface area contributed by atoms with Gasteiger partial charge in [-0.1, -0.05) is 29.9 Å². The average Bonchev–Trinajstić information content (AvgIpc) is 3.10. The second kappa shape index (κ2) is 5.98. The van der Waals surface area contributed by atoms with Gasteiger partial charge in [-0.05, 0) is 18.1 Å². The van der Waals surface area contributed by atoms with Crippen molar-refractivity contribution in [1.82, 2.24) is 19.8 Å². The van der Waals surface area contributed by atoms with Crippen molar-refractivity contribution in [2.24, 2.45) is 0 Å². The van der Waals surface area contributed by atoms with Crippen LogP contribution in [0.2, 0.25) is 5.02 Å². The molecular formula is C15H15ClN4O2S. The number of rotatable bonds is 4. The number of ether oxygens (including phenoxy) is 2. The van der Waals surface area contributed by atoms with Crippen molar-refractivity contribution in [3.63, 3.8) is 0 Å². The van der Waals surface area contributed by atoms with Gasteiger partial charge in [-0.25, -0.2) is 0 Å². The third-order valence-electron chi connectivity index (χ3n) is 3.62. The number of fused-ring (bicyclic) bond motifs is 2. The molecule has 0 atom stereocenters. The Morgan fingerprint density at radius 2 is 2.00 bits per heavy atom. The third kappa shape index (κ3) is 2.74. The lowest BCUT2D eigenvalue weighted by Crippen LogP contribution is -2.15. The van der Waals surface area contributed by atoms with Gasteiger partial charge in [0.2, 0.25) is 4.96 Å². The van der Waals surface area contributed by atoms with E-state index in [1.54, 1.807) is 0 Å². The third-order valence-corrected chi connectivity index (χ3v) is 4.87. The lowest BCUT2D eigenvalue weighted by atomic mass is 10.1. The highest BCUT2D eigenvalue weighted by molar-refractivity contribution is 7.16. The number of aromatic nitrogens is 4. The van der Waals surface area contributed by atoms with E-state index < -0.39 is 0 Å². The monoisotopic (exact) mass is 350 g/mol. The molecule has 0 N–H and O–H groups in total. The molecule has 0 unspecified atom stereocenters. The zero-order chi connectivity index (χ0) is 15.8. The van der Waals surface area contributed by atoms with E-state index in [-0.39, 0.29) is 0 Å². The molecule has 0 aliphatic carbocycles.